The van der Waals surface area contributed by atoms with E-state index < -0.39 is 0 Å². The van der Waals surface area contributed by atoms with E-state index in [-0.39, 0.29) is 5.91 Å². The molecular weight excluding hydrogens is 344 g/mol. The monoisotopic (exact) mass is 362 g/mol. The Kier molecular flexibility index (Phi) is 6.65. The van der Waals surface area contributed by atoms with E-state index in [2.05, 4.69) is 10.5 Å². The number of rotatable bonds is 7. The SMILES string of the molecule is CCOc1cc(C(=O)N/N=C/c2cc(Cl)ccc2OC)ccc1OC. The van der Waals surface area contributed by atoms with Crippen molar-refractivity contribution in [1.29, 1.82) is 0 Å². The van der Waals surface area contributed by atoms with Crippen LogP contribution >= 0.6 is 11.6 Å². The molecule has 0 spiro atoms. The number of ether oxygens (including phenoxy) is 3. The Bertz CT molecular complexity index is 778. The number of hydrogen-bond acceptors (Lipinski definition) is 5. The number of carbonyl (C=O) groups is 1. The van der Waals surface area contributed by atoms with Crippen LogP contribution in [0.3, 0.4) is 0 Å². The summed E-state index contributed by atoms with van der Waals surface area (Å²) in [7, 11) is 3.09. The molecule has 2 aromatic carbocycles. The maximum Gasteiger partial charge on any atom is 0.271 e. The molecule has 1 N–H and O–H groups in total. The maximum atomic E-state index is 12.2. The highest BCUT2D eigenvalue weighted by molar-refractivity contribution is 6.30. The molecule has 0 aliphatic heterocycles. The zero-order valence-corrected chi connectivity index (χ0v) is 15.0. The van der Waals surface area contributed by atoms with Gasteiger partial charge in [-0.1, -0.05) is 11.6 Å². The molecule has 2 aromatic rings. The number of methoxy groups -OCH3 is 2. The first-order valence-electron chi connectivity index (χ1n) is 7.56. The predicted molar refractivity (Wildman–Crippen MR) is 97.2 cm³/mol. The van der Waals surface area contributed by atoms with Gasteiger partial charge in [0.15, 0.2) is 11.5 Å². The molecule has 6 nitrogen and oxygen atoms in total. The van der Waals surface area contributed by atoms with E-state index in [1.54, 1.807) is 50.6 Å². The lowest BCUT2D eigenvalue weighted by atomic mass is 10.2. The van der Waals surface area contributed by atoms with E-state index in [1.807, 2.05) is 6.92 Å². The third-order valence-corrected chi connectivity index (χ3v) is 3.52. The van der Waals surface area contributed by atoms with Crippen molar-refractivity contribution in [3.05, 3.63) is 52.5 Å². The van der Waals surface area contributed by atoms with Crippen LogP contribution in [0.1, 0.15) is 22.8 Å². The molecular formula is C18H19ClN2O4. The van der Waals surface area contributed by atoms with Crippen molar-refractivity contribution in [2.75, 3.05) is 20.8 Å². The Balaban J connectivity index is 2.12. The molecule has 0 saturated carbocycles. The normalized spacial score (nSPS) is 10.6. The van der Waals surface area contributed by atoms with E-state index in [0.717, 1.165) is 0 Å². The summed E-state index contributed by atoms with van der Waals surface area (Å²) in [6.45, 7) is 2.32. The Morgan fingerprint density at radius 2 is 1.84 bits per heavy atom. The second-order valence-electron chi connectivity index (χ2n) is 4.88. The van der Waals surface area contributed by atoms with Crippen molar-refractivity contribution in [3.63, 3.8) is 0 Å². The van der Waals surface area contributed by atoms with E-state index >= 15 is 0 Å². The number of hydrazone groups is 1. The summed E-state index contributed by atoms with van der Waals surface area (Å²) in [5.74, 6) is 1.29. The van der Waals surface area contributed by atoms with E-state index in [0.29, 0.717) is 40.0 Å². The first-order chi connectivity index (χ1) is 12.1. The number of nitrogens with one attached hydrogen (secondary N) is 1. The van der Waals surface area contributed by atoms with Gasteiger partial charge in [0.2, 0.25) is 0 Å². The summed E-state index contributed by atoms with van der Waals surface area (Å²) in [6.07, 6.45) is 1.47. The third-order valence-electron chi connectivity index (χ3n) is 3.29. The maximum absolute atomic E-state index is 12.2. The topological polar surface area (TPSA) is 69.2 Å². The molecule has 0 fully saturated rings. The summed E-state index contributed by atoms with van der Waals surface area (Å²) in [6, 6.07) is 10.0. The zero-order valence-electron chi connectivity index (χ0n) is 14.2. The second kappa shape index (κ2) is 8.94. The van der Waals surface area contributed by atoms with Gasteiger partial charge in [-0.05, 0) is 43.3 Å². The van der Waals surface area contributed by atoms with Crippen molar-refractivity contribution >= 4 is 23.7 Å². The fourth-order valence-electron chi connectivity index (χ4n) is 2.12. The van der Waals surface area contributed by atoms with Gasteiger partial charge in [-0.2, -0.15) is 5.10 Å². The quantitative estimate of drug-likeness (QED) is 0.604. The lowest BCUT2D eigenvalue weighted by molar-refractivity contribution is 0.0954. The Morgan fingerprint density at radius 3 is 2.52 bits per heavy atom. The molecule has 0 atom stereocenters. The molecule has 0 saturated heterocycles. The average molecular weight is 363 g/mol. The summed E-state index contributed by atoms with van der Waals surface area (Å²) in [4.78, 5) is 12.2. The van der Waals surface area contributed by atoms with Gasteiger partial charge in [-0.3, -0.25) is 4.79 Å². The molecule has 0 heterocycles. The van der Waals surface area contributed by atoms with Crippen LogP contribution < -0.4 is 19.6 Å². The van der Waals surface area contributed by atoms with E-state index in [4.69, 9.17) is 25.8 Å². The van der Waals surface area contributed by atoms with Gasteiger partial charge in [0, 0.05) is 16.1 Å². The van der Waals surface area contributed by atoms with Crippen LogP contribution in [0.5, 0.6) is 17.2 Å². The van der Waals surface area contributed by atoms with Gasteiger partial charge in [0.1, 0.15) is 5.75 Å². The van der Waals surface area contributed by atoms with Gasteiger partial charge >= 0.3 is 0 Å². The predicted octanol–water partition coefficient (Wildman–Crippen LogP) is 3.52. The fourth-order valence-corrected chi connectivity index (χ4v) is 2.30. The highest BCUT2D eigenvalue weighted by Crippen LogP contribution is 2.28. The molecule has 0 bridgehead atoms. The number of hydrogen-bond donors (Lipinski definition) is 1. The Hall–Kier alpha value is -2.73. The first-order valence-corrected chi connectivity index (χ1v) is 7.94. The Morgan fingerprint density at radius 1 is 1.12 bits per heavy atom. The lowest BCUT2D eigenvalue weighted by Gasteiger charge is -2.10. The molecule has 1 amide bonds. The Labute approximate surface area is 151 Å². The third kappa shape index (κ3) is 4.87. The van der Waals surface area contributed by atoms with Gasteiger partial charge in [-0.15, -0.1) is 0 Å². The summed E-state index contributed by atoms with van der Waals surface area (Å²) in [5, 5.41) is 4.50. The summed E-state index contributed by atoms with van der Waals surface area (Å²) >= 11 is 5.96. The van der Waals surface area contributed by atoms with Crippen LogP contribution in [-0.4, -0.2) is 32.9 Å². The van der Waals surface area contributed by atoms with Crippen LogP contribution in [0.2, 0.25) is 5.02 Å². The van der Waals surface area contributed by atoms with Crippen LogP contribution in [-0.2, 0) is 0 Å². The van der Waals surface area contributed by atoms with Crippen molar-refractivity contribution < 1.29 is 19.0 Å². The smallest absolute Gasteiger partial charge is 0.271 e. The number of nitrogens with zero attached hydrogens (tertiary/aromatic N) is 1. The summed E-state index contributed by atoms with van der Waals surface area (Å²) < 4.78 is 15.9. The molecule has 0 unspecified atom stereocenters. The van der Waals surface area contributed by atoms with Crippen molar-refractivity contribution in [3.8, 4) is 17.2 Å². The van der Waals surface area contributed by atoms with Crippen molar-refractivity contribution in [1.82, 2.24) is 5.43 Å². The minimum Gasteiger partial charge on any atom is -0.496 e. The van der Waals surface area contributed by atoms with Crippen molar-refractivity contribution in [2.24, 2.45) is 5.10 Å². The number of amides is 1. The van der Waals surface area contributed by atoms with Gasteiger partial charge in [-0.25, -0.2) is 5.43 Å². The largest absolute Gasteiger partial charge is 0.496 e. The van der Waals surface area contributed by atoms with Crippen molar-refractivity contribution in [2.45, 2.75) is 6.92 Å². The second-order valence-corrected chi connectivity index (χ2v) is 5.32. The molecule has 0 aromatic heterocycles. The van der Waals surface area contributed by atoms with Crippen LogP contribution in [0.4, 0.5) is 0 Å². The molecule has 25 heavy (non-hydrogen) atoms. The number of carbonyl (C=O) groups excluding carboxylic acids is 1. The average Bonchev–Trinajstić information content (AvgIpc) is 2.62. The lowest BCUT2D eigenvalue weighted by Crippen LogP contribution is -2.17. The first kappa shape index (κ1) is 18.6. The highest BCUT2D eigenvalue weighted by atomic mass is 35.5. The standard InChI is InChI=1S/C18H19ClN2O4/c1-4-25-17-10-12(5-7-16(17)24-3)18(22)21-20-11-13-9-14(19)6-8-15(13)23-2/h5-11H,4H2,1-3H3,(H,21,22)/b20-11+. The van der Waals surface area contributed by atoms with Crippen LogP contribution in [0.15, 0.2) is 41.5 Å². The minimum absolute atomic E-state index is 0.374. The molecule has 0 aliphatic carbocycles. The van der Waals surface area contributed by atoms with Crippen LogP contribution in [0, 0.1) is 0 Å². The highest BCUT2D eigenvalue weighted by Gasteiger charge is 2.10. The van der Waals surface area contributed by atoms with E-state index in [1.165, 1.54) is 6.21 Å². The molecule has 0 radical (unpaired) electrons. The molecule has 7 heteroatoms. The van der Waals surface area contributed by atoms with Crippen LogP contribution in [0.25, 0.3) is 0 Å². The minimum atomic E-state index is -0.374. The summed E-state index contributed by atoms with van der Waals surface area (Å²) in [5.41, 5.74) is 3.52. The molecule has 132 valence electrons. The fraction of sp³-hybridized carbons (Fsp3) is 0.222. The van der Waals surface area contributed by atoms with E-state index in [9.17, 15) is 4.79 Å². The van der Waals surface area contributed by atoms with Gasteiger partial charge < -0.3 is 14.2 Å². The van der Waals surface area contributed by atoms with Gasteiger partial charge in [0.05, 0.1) is 27.0 Å². The number of halogens is 1. The number of benzene rings is 2. The molecule has 0 aliphatic rings. The van der Waals surface area contributed by atoms with Gasteiger partial charge in [0.25, 0.3) is 5.91 Å². The molecule has 2 rings (SSSR count). The zero-order chi connectivity index (χ0) is 18.2.